The molecule has 0 spiro atoms. The van der Waals surface area contributed by atoms with Crippen LogP contribution in [0.2, 0.25) is 0 Å². The Bertz CT molecular complexity index is 3680. The monoisotopic (exact) mass is 828 g/mol. The molecule has 11 aromatic carbocycles. The van der Waals surface area contributed by atoms with Gasteiger partial charge >= 0.3 is 0 Å². The smallest absolute Gasteiger partial charge is 0.0553 e. The van der Waals surface area contributed by atoms with E-state index in [0.29, 0.717) is 0 Å². The van der Waals surface area contributed by atoms with Crippen LogP contribution < -0.4 is 4.90 Å². The zero-order chi connectivity index (χ0) is 43.2. The maximum atomic E-state index is 2.48. The van der Waals surface area contributed by atoms with E-state index in [1.165, 1.54) is 105 Å². The summed E-state index contributed by atoms with van der Waals surface area (Å²) in [6.45, 7) is 4.79. The molecule has 0 unspecified atom stereocenters. The Hall–Kier alpha value is -8.20. The molecule has 2 nitrogen and oxygen atoms in total. The first-order chi connectivity index (χ1) is 32.0. The third-order valence-electron chi connectivity index (χ3n) is 14.1. The van der Waals surface area contributed by atoms with Crippen molar-refractivity contribution in [2.75, 3.05) is 4.90 Å². The summed E-state index contributed by atoms with van der Waals surface area (Å²) in [4.78, 5) is 2.41. The van der Waals surface area contributed by atoms with Gasteiger partial charge in [-0.05, 0) is 150 Å². The first-order valence-electron chi connectivity index (χ1n) is 22.7. The molecule has 0 N–H and O–H groups in total. The van der Waals surface area contributed by atoms with Crippen LogP contribution in [0.5, 0.6) is 0 Å². The normalized spacial score (nSPS) is 12.9. The summed E-state index contributed by atoms with van der Waals surface area (Å²) < 4.78 is 2.48. The van der Waals surface area contributed by atoms with Gasteiger partial charge in [0, 0.05) is 38.9 Å². The number of hydrogen-bond donors (Lipinski definition) is 0. The van der Waals surface area contributed by atoms with Crippen LogP contribution in [0.25, 0.3) is 93.5 Å². The van der Waals surface area contributed by atoms with Crippen LogP contribution in [0.15, 0.2) is 231 Å². The third kappa shape index (κ3) is 5.95. The van der Waals surface area contributed by atoms with Crippen LogP contribution in [-0.4, -0.2) is 4.57 Å². The lowest BCUT2D eigenvalue weighted by Gasteiger charge is -2.28. The van der Waals surface area contributed by atoms with Crippen molar-refractivity contribution in [3.05, 3.63) is 242 Å². The second-order valence-electron chi connectivity index (χ2n) is 18.2. The van der Waals surface area contributed by atoms with Gasteiger partial charge in [0.1, 0.15) is 0 Å². The van der Waals surface area contributed by atoms with Gasteiger partial charge in [-0.2, -0.15) is 0 Å². The van der Waals surface area contributed by atoms with E-state index >= 15 is 0 Å². The van der Waals surface area contributed by atoms with Crippen molar-refractivity contribution >= 4 is 60.4 Å². The van der Waals surface area contributed by atoms with Gasteiger partial charge in [-0.15, -0.1) is 0 Å². The molecular formula is C63H44N2. The number of fused-ring (bicyclic) bond motifs is 4. The molecule has 0 fully saturated rings. The van der Waals surface area contributed by atoms with Crippen LogP contribution in [0.4, 0.5) is 17.1 Å². The Balaban J connectivity index is 0.914. The molecule has 0 radical (unpaired) electrons. The summed E-state index contributed by atoms with van der Waals surface area (Å²) in [7, 11) is 0. The fourth-order valence-corrected chi connectivity index (χ4v) is 10.8. The number of anilines is 3. The lowest BCUT2D eigenvalue weighted by Crippen LogP contribution is -2.16. The van der Waals surface area contributed by atoms with Crippen molar-refractivity contribution in [3.63, 3.8) is 0 Å². The van der Waals surface area contributed by atoms with Crippen molar-refractivity contribution in [2.45, 2.75) is 19.3 Å². The highest BCUT2D eigenvalue weighted by atomic mass is 15.1. The van der Waals surface area contributed by atoms with Gasteiger partial charge in [-0.25, -0.2) is 0 Å². The van der Waals surface area contributed by atoms with E-state index in [1.54, 1.807) is 0 Å². The first-order valence-corrected chi connectivity index (χ1v) is 22.7. The minimum Gasteiger partial charge on any atom is -0.310 e. The molecule has 2 heteroatoms. The van der Waals surface area contributed by atoms with Gasteiger partial charge in [0.15, 0.2) is 0 Å². The van der Waals surface area contributed by atoms with Crippen LogP contribution in [0.1, 0.15) is 25.0 Å². The van der Waals surface area contributed by atoms with E-state index in [9.17, 15) is 0 Å². The fourth-order valence-electron chi connectivity index (χ4n) is 10.8. The third-order valence-corrected chi connectivity index (χ3v) is 14.1. The predicted octanol–water partition coefficient (Wildman–Crippen LogP) is 17.3. The average Bonchev–Trinajstić information content (AvgIpc) is 3.82. The molecule has 306 valence electrons. The Morgan fingerprint density at radius 2 is 0.846 bits per heavy atom. The number of hydrogen-bond acceptors (Lipinski definition) is 1. The summed E-state index contributed by atoms with van der Waals surface area (Å²) in [5.74, 6) is 0. The lowest BCUT2D eigenvalue weighted by molar-refractivity contribution is 0.660. The zero-order valence-electron chi connectivity index (χ0n) is 36.3. The van der Waals surface area contributed by atoms with Gasteiger partial charge in [0.05, 0.1) is 11.0 Å². The van der Waals surface area contributed by atoms with E-state index in [-0.39, 0.29) is 5.41 Å². The van der Waals surface area contributed by atoms with Crippen LogP contribution in [-0.2, 0) is 5.41 Å². The van der Waals surface area contributed by atoms with Crippen molar-refractivity contribution < 1.29 is 0 Å². The first kappa shape index (κ1) is 37.4. The Labute approximate surface area is 379 Å². The van der Waals surface area contributed by atoms with Crippen LogP contribution in [0, 0.1) is 0 Å². The second kappa shape index (κ2) is 14.4. The molecule has 0 aliphatic heterocycles. The summed E-state index contributed by atoms with van der Waals surface area (Å²) in [6, 6.07) is 85.1. The molecule has 0 saturated heterocycles. The van der Waals surface area contributed by atoms with Crippen molar-refractivity contribution in [2.24, 2.45) is 0 Å². The molecule has 12 aromatic rings. The highest BCUT2D eigenvalue weighted by molar-refractivity contribution is 6.25. The molecule has 1 aromatic heterocycles. The minimum atomic E-state index is -0.232. The van der Waals surface area contributed by atoms with Crippen LogP contribution in [0.3, 0.4) is 0 Å². The predicted molar refractivity (Wildman–Crippen MR) is 276 cm³/mol. The largest absolute Gasteiger partial charge is 0.310 e. The SMILES string of the molecule is CC1(C)c2cc(-c3cc4ccc5cccc6c5c4c(c3)n6-c3ccc4ccccc4c3)ccc2-c2ccc(N(c3ccc(-c4ccccc4)cc3)c3ccc(-c4ccccc4)cc3)cc21. The number of rotatable bonds is 7. The van der Waals surface area contributed by atoms with Crippen molar-refractivity contribution in [3.8, 4) is 50.2 Å². The molecule has 1 aliphatic rings. The summed E-state index contributed by atoms with van der Waals surface area (Å²) in [6.07, 6.45) is 0. The quantitative estimate of drug-likeness (QED) is 0.145. The Morgan fingerprint density at radius 3 is 1.54 bits per heavy atom. The second-order valence-corrected chi connectivity index (χ2v) is 18.2. The van der Waals surface area contributed by atoms with Crippen molar-refractivity contribution in [1.82, 2.24) is 4.57 Å². The lowest BCUT2D eigenvalue weighted by atomic mass is 9.81. The summed E-state index contributed by atoms with van der Waals surface area (Å²) >= 11 is 0. The fraction of sp³-hybridized carbons (Fsp3) is 0.0476. The number of aromatic nitrogens is 1. The number of nitrogens with zero attached hydrogens (tertiary/aromatic N) is 2. The highest BCUT2D eigenvalue weighted by Gasteiger charge is 2.36. The maximum absolute atomic E-state index is 2.48. The van der Waals surface area contributed by atoms with Gasteiger partial charge in [0.25, 0.3) is 0 Å². The van der Waals surface area contributed by atoms with E-state index in [2.05, 4.69) is 254 Å². The van der Waals surface area contributed by atoms with Gasteiger partial charge in [0.2, 0.25) is 0 Å². The Kier molecular flexibility index (Phi) is 8.29. The van der Waals surface area contributed by atoms with E-state index < -0.39 is 0 Å². The van der Waals surface area contributed by atoms with E-state index in [4.69, 9.17) is 0 Å². The molecule has 0 amide bonds. The minimum absolute atomic E-state index is 0.232. The molecule has 0 saturated carbocycles. The molecule has 13 rings (SSSR count). The maximum Gasteiger partial charge on any atom is 0.0553 e. The van der Waals surface area contributed by atoms with E-state index in [1.807, 2.05) is 0 Å². The van der Waals surface area contributed by atoms with Gasteiger partial charge in [-0.3, -0.25) is 0 Å². The van der Waals surface area contributed by atoms with Gasteiger partial charge in [-0.1, -0.05) is 172 Å². The topological polar surface area (TPSA) is 8.17 Å². The Morgan fingerprint density at radius 1 is 0.323 bits per heavy atom. The highest BCUT2D eigenvalue weighted by Crippen LogP contribution is 2.52. The molecule has 1 heterocycles. The molecule has 1 aliphatic carbocycles. The average molecular weight is 829 g/mol. The molecule has 65 heavy (non-hydrogen) atoms. The summed E-state index contributed by atoms with van der Waals surface area (Å²) in [5, 5.41) is 7.69. The number of benzene rings is 11. The summed E-state index contributed by atoms with van der Waals surface area (Å²) in [5.41, 5.74) is 19.4. The standard InChI is InChI=1S/C63H44N2/c1-63(2)57-38-48(50-36-49-21-20-46-18-11-19-59-61(46)62(49)60(39-50)65(59)53-32-26-43-16-9-10-17-47(43)37-53)27-34-55(57)56-35-33-54(40-58(56)63)64(51-28-22-44(23-29-51)41-12-5-3-6-13-41)52-30-24-45(25-31-52)42-14-7-4-8-15-42/h3-40H,1-2H3. The molecular weight excluding hydrogens is 785 g/mol. The van der Waals surface area contributed by atoms with Gasteiger partial charge < -0.3 is 9.47 Å². The molecule has 0 bridgehead atoms. The van der Waals surface area contributed by atoms with E-state index in [0.717, 1.165) is 17.1 Å². The zero-order valence-corrected chi connectivity index (χ0v) is 36.3. The van der Waals surface area contributed by atoms with Crippen LogP contribution >= 0.6 is 0 Å². The molecule has 0 atom stereocenters. The van der Waals surface area contributed by atoms with Crippen molar-refractivity contribution in [1.29, 1.82) is 0 Å².